The minimum absolute atomic E-state index is 0.0199. The molecule has 4 rings (SSSR count). The van der Waals surface area contributed by atoms with Crippen molar-refractivity contribution in [2.75, 3.05) is 11.9 Å². The Morgan fingerprint density at radius 2 is 1.32 bits per heavy atom. The monoisotopic (exact) mass is 670 g/mol. The predicted octanol–water partition coefficient (Wildman–Crippen LogP) is 8.07. The fourth-order valence-electron chi connectivity index (χ4n) is 4.63. The minimum atomic E-state index is -5.36. The molecule has 0 saturated heterocycles. The van der Waals surface area contributed by atoms with E-state index in [0.717, 1.165) is 0 Å². The van der Waals surface area contributed by atoms with Crippen molar-refractivity contribution in [2.45, 2.75) is 44.2 Å². The zero-order chi connectivity index (χ0) is 34.9. The second-order valence-corrected chi connectivity index (χ2v) is 10.9. The molecule has 0 aliphatic rings. The van der Waals surface area contributed by atoms with Gasteiger partial charge in [0.2, 0.25) is 0 Å². The average molecular weight is 671 g/mol. The molecule has 3 aromatic carbocycles. The van der Waals surface area contributed by atoms with Crippen LogP contribution >= 0.6 is 0 Å². The summed E-state index contributed by atoms with van der Waals surface area (Å²) in [6, 6.07) is 15.3. The molecule has 0 aliphatic carbocycles. The van der Waals surface area contributed by atoms with Crippen molar-refractivity contribution in [2.24, 2.45) is 0 Å². The van der Waals surface area contributed by atoms with Gasteiger partial charge < -0.3 is 10.1 Å². The summed E-state index contributed by atoms with van der Waals surface area (Å²) in [6.45, 7) is 1.91. The Balaban J connectivity index is 1.66. The number of ether oxygens (including phenoxy) is 1. The van der Waals surface area contributed by atoms with E-state index in [1.54, 1.807) is 30.3 Å². The van der Waals surface area contributed by atoms with Crippen LogP contribution in [0.25, 0.3) is 22.0 Å². The van der Waals surface area contributed by atoms with E-state index in [-0.39, 0.29) is 17.3 Å². The molecule has 0 atom stereocenters. The summed E-state index contributed by atoms with van der Waals surface area (Å²) in [6.07, 6.45) is -16.3. The molecule has 0 unspecified atom stereocenters. The molecule has 0 aliphatic heterocycles. The van der Waals surface area contributed by atoms with Crippen molar-refractivity contribution >= 4 is 34.3 Å². The SMILES string of the molecule is CC(C)(C(=O)CNc1ccc2nc(CC(=O)OC(=O)C(F)(F)F)ccc2c1-c1ccccc1)c1cc(C(F)(F)F)cc(C(F)(F)F)c1. The minimum Gasteiger partial charge on any atom is -0.386 e. The van der Waals surface area contributed by atoms with Crippen LogP contribution in [-0.2, 0) is 43.3 Å². The van der Waals surface area contributed by atoms with Gasteiger partial charge in [-0.2, -0.15) is 39.5 Å². The predicted molar refractivity (Wildman–Crippen MR) is 151 cm³/mol. The lowest BCUT2D eigenvalue weighted by atomic mass is 9.79. The molecule has 6 nitrogen and oxygen atoms in total. The van der Waals surface area contributed by atoms with Gasteiger partial charge in [-0.3, -0.25) is 14.6 Å². The van der Waals surface area contributed by atoms with Crippen LogP contribution in [0, 0.1) is 0 Å². The second-order valence-electron chi connectivity index (χ2n) is 10.9. The topological polar surface area (TPSA) is 85.4 Å². The number of esters is 2. The van der Waals surface area contributed by atoms with Crippen LogP contribution in [0.5, 0.6) is 0 Å². The number of hydrogen-bond donors (Lipinski definition) is 1. The molecular weight excluding hydrogens is 647 g/mol. The molecule has 0 amide bonds. The Morgan fingerprint density at radius 1 is 0.745 bits per heavy atom. The van der Waals surface area contributed by atoms with Crippen LogP contribution in [0.3, 0.4) is 0 Å². The Bertz CT molecular complexity index is 1800. The van der Waals surface area contributed by atoms with Crippen molar-refractivity contribution in [3.63, 3.8) is 0 Å². The number of carbonyl (C=O) groups is 3. The summed E-state index contributed by atoms with van der Waals surface area (Å²) in [7, 11) is 0. The number of ketones is 1. The maximum atomic E-state index is 13.5. The molecule has 4 aromatic rings. The third-order valence-electron chi connectivity index (χ3n) is 7.20. The maximum Gasteiger partial charge on any atom is 0.491 e. The number of rotatable bonds is 8. The van der Waals surface area contributed by atoms with Crippen LogP contribution in [0.1, 0.15) is 36.2 Å². The van der Waals surface area contributed by atoms with Crippen LogP contribution in [0.2, 0.25) is 0 Å². The van der Waals surface area contributed by atoms with E-state index in [1.807, 2.05) is 0 Å². The van der Waals surface area contributed by atoms with Gasteiger partial charge in [0, 0.05) is 16.6 Å². The normalized spacial score (nSPS) is 12.6. The number of benzene rings is 3. The van der Waals surface area contributed by atoms with Gasteiger partial charge in [0.15, 0.2) is 5.78 Å². The van der Waals surface area contributed by atoms with E-state index >= 15 is 0 Å². The first kappa shape index (κ1) is 34.9. The van der Waals surface area contributed by atoms with E-state index in [1.165, 1.54) is 38.1 Å². The van der Waals surface area contributed by atoms with Crippen molar-refractivity contribution in [3.05, 3.63) is 95.2 Å². The molecule has 15 heteroatoms. The molecule has 0 bridgehead atoms. The van der Waals surface area contributed by atoms with Gasteiger partial charge in [-0.15, -0.1) is 0 Å². The fraction of sp³-hybridized carbons (Fsp3) is 0.250. The molecule has 1 N–H and O–H groups in total. The Morgan fingerprint density at radius 3 is 1.87 bits per heavy atom. The zero-order valence-corrected chi connectivity index (χ0v) is 24.3. The van der Waals surface area contributed by atoms with E-state index in [0.29, 0.717) is 34.3 Å². The third kappa shape index (κ3) is 8.07. The lowest BCUT2D eigenvalue weighted by Gasteiger charge is -2.27. The molecule has 1 heterocycles. The molecule has 1 aromatic heterocycles. The number of hydrogen-bond acceptors (Lipinski definition) is 6. The summed E-state index contributed by atoms with van der Waals surface area (Å²) >= 11 is 0. The number of nitrogens with one attached hydrogen (secondary N) is 1. The lowest BCUT2D eigenvalue weighted by Crippen LogP contribution is -2.35. The summed E-state index contributed by atoms with van der Waals surface area (Å²) in [5, 5.41) is 3.36. The molecule has 0 fully saturated rings. The average Bonchev–Trinajstić information content (AvgIpc) is 2.98. The van der Waals surface area contributed by atoms with Gasteiger partial charge in [-0.25, -0.2) is 4.79 Å². The highest BCUT2D eigenvalue weighted by Crippen LogP contribution is 2.40. The van der Waals surface area contributed by atoms with Crippen LogP contribution < -0.4 is 5.32 Å². The van der Waals surface area contributed by atoms with E-state index in [9.17, 15) is 53.9 Å². The molecule has 47 heavy (non-hydrogen) atoms. The first-order valence-electron chi connectivity index (χ1n) is 13.5. The number of fused-ring (bicyclic) bond motifs is 1. The van der Waals surface area contributed by atoms with Crippen molar-refractivity contribution in [3.8, 4) is 11.1 Å². The Kier molecular flexibility index (Phi) is 9.42. The molecule has 248 valence electrons. The van der Waals surface area contributed by atoms with Crippen LogP contribution in [-0.4, -0.2) is 35.4 Å². The number of halogens is 9. The molecule has 0 saturated carbocycles. The van der Waals surface area contributed by atoms with E-state index < -0.39 is 71.3 Å². The third-order valence-corrected chi connectivity index (χ3v) is 7.20. The van der Waals surface area contributed by atoms with E-state index in [2.05, 4.69) is 15.0 Å². The van der Waals surface area contributed by atoms with Crippen molar-refractivity contribution in [1.82, 2.24) is 4.98 Å². The number of Topliss-reactive ketones (excluding diaryl/α,β-unsaturated/α-hetero) is 1. The van der Waals surface area contributed by atoms with Gasteiger partial charge >= 0.3 is 30.5 Å². The number of pyridine rings is 1. The quantitative estimate of drug-likeness (QED) is 0.116. The highest BCUT2D eigenvalue weighted by atomic mass is 19.4. The van der Waals surface area contributed by atoms with Gasteiger partial charge in [0.05, 0.1) is 40.7 Å². The summed E-state index contributed by atoms with van der Waals surface area (Å²) in [5.41, 5.74) is -3.74. The van der Waals surface area contributed by atoms with Crippen LogP contribution in [0.4, 0.5) is 45.2 Å². The van der Waals surface area contributed by atoms with Gasteiger partial charge in [-0.05, 0) is 61.4 Å². The van der Waals surface area contributed by atoms with Gasteiger partial charge in [-0.1, -0.05) is 36.4 Å². The second kappa shape index (κ2) is 12.7. The smallest absolute Gasteiger partial charge is 0.386 e. The number of alkyl halides is 9. The Hall–Kier alpha value is -4.95. The summed E-state index contributed by atoms with van der Waals surface area (Å²) in [5.74, 6) is -4.88. The number of nitrogens with zero attached hydrogens (tertiary/aromatic N) is 1. The standard InChI is InChI=1S/C32H23F9N2O4/c1-29(2,18-12-19(30(33,34)35)14-20(13-18)31(36,37)38)25(44)16-42-24-11-10-23-22(27(24)17-6-4-3-5-7-17)9-8-21(43-23)15-26(45)47-28(46)32(39,40)41/h3-14,42H,15-16H2,1-2H3. The highest BCUT2D eigenvalue weighted by Gasteiger charge is 2.43. The van der Waals surface area contributed by atoms with Crippen molar-refractivity contribution < 1.29 is 58.6 Å². The summed E-state index contributed by atoms with van der Waals surface area (Å²) in [4.78, 5) is 40.5. The maximum absolute atomic E-state index is 13.5. The van der Waals surface area contributed by atoms with E-state index in [4.69, 9.17) is 0 Å². The van der Waals surface area contributed by atoms with Gasteiger partial charge in [0.1, 0.15) is 0 Å². The lowest BCUT2D eigenvalue weighted by molar-refractivity contribution is -0.201. The summed E-state index contributed by atoms with van der Waals surface area (Å²) < 4.78 is 122. The first-order chi connectivity index (χ1) is 21.7. The molecular formula is C32H23F9N2O4. The number of aromatic nitrogens is 1. The Labute approximate surface area is 260 Å². The largest absolute Gasteiger partial charge is 0.491 e. The van der Waals surface area contributed by atoms with Crippen LogP contribution in [0.15, 0.2) is 72.8 Å². The van der Waals surface area contributed by atoms with Crippen molar-refractivity contribution in [1.29, 1.82) is 0 Å². The zero-order valence-electron chi connectivity index (χ0n) is 24.3. The van der Waals surface area contributed by atoms with Gasteiger partial charge in [0.25, 0.3) is 0 Å². The highest BCUT2D eigenvalue weighted by molar-refractivity contribution is 6.02. The fourth-order valence-corrected chi connectivity index (χ4v) is 4.63. The molecule has 0 radical (unpaired) electrons. The molecule has 0 spiro atoms. The number of carbonyl (C=O) groups excluding carboxylic acids is 3. The first-order valence-corrected chi connectivity index (χ1v) is 13.5. The number of anilines is 1.